The van der Waals surface area contributed by atoms with Crippen molar-refractivity contribution in [1.82, 2.24) is 0 Å². The molecule has 0 aromatic heterocycles. The fourth-order valence-electron chi connectivity index (χ4n) is 4.15. The molecular formula is C22H14F3NO4. The van der Waals surface area contributed by atoms with E-state index in [-0.39, 0.29) is 23.8 Å². The first-order valence-electron chi connectivity index (χ1n) is 9.03. The number of fused-ring (bicyclic) bond motifs is 2. The average molecular weight is 413 g/mol. The molecule has 1 atom stereocenters. The van der Waals surface area contributed by atoms with Crippen molar-refractivity contribution in [2.24, 2.45) is 0 Å². The largest absolute Gasteiger partial charge is 0.508 e. The van der Waals surface area contributed by atoms with Crippen LogP contribution in [0.5, 0.6) is 17.2 Å². The minimum absolute atomic E-state index is 0.0198. The number of alkyl halides is 3. The van der Waals surface area contributed by atoms with Gasteiger partial charge in [0.1, 0.15) is 11.2 Å². The number of rotatable bonds is 2. The topological polar surface area (TPSA) is 67.8 Å². The molecule has 0 bridgehead atoms. The van der Waals surface area contributed by atoms with Gasteiger partial charge in [0.05, 0.1) is 11.3 Å². The molecule has 8 heteroatoms. The number of aromatic hydroxyl groups is 1. The number of phenols is 1. The second kappa shape index (κ2) is 6.16. The number of anilines is 1. The smallest absolute Gasteiger partial charge is 0.418 e. The van der Waals surface area contributed by atoms with E-state index >= 15 is 0 Å². The maximum Gasteiger partial charge on any atom is 0.418 e. The summed E-state index contributed by atoms with van der Waals surface area (Å²) < 4.78 is 51.7. The molecule has 0 aliphatic carbocycles. The van der Waals surface area contributed by atoms with Crippen LogP contribution >= 0.6 is 0 Å². The number of nitrogens with one attached hydrogen (secondary N) is 1. The third kappa shape index (κ3) is 2.46. The number of amides is 1. The lowest BCUT2D eigenvalue weighted by Gasteiger charge is -2.29. The highest BCUT2D eigenvalue weighted by Crippen LogP contribution is 2.52. The molecule has 5 nitrogen and oxygen atoms in total. The molecule has 2 heterocycles. The fourth-order valence-corrected chi connectivity index (χ4v) is 4.15. The maximum atomic E-state index is 13.6. The van der Waals surface area contributed by atoms with Gasteiger partial charge in [0, 0.05) is 5.56 Å². The minimum atomic E-state index is -4.64. The third-order valence-electron chi connectivity index (χ3n) is 5.46. The van der Waals surface area contributed by atoms with Crippen molar-refractivity contribution in [2.45, 2.75) is 11.6 Å². The highest BCUT2D eigenvalue weighted by atomic mass is 19.4. The summed E-state index contributed by atoms with van der Waals surface area (Å²) >= 11 is 0. The van der Waals surface area contributed by atoms with Crippen LogP contribution in [-0.2, 0) is 16.4 Å². The van der Waals surface area contributed by atoms with Crippen molar-refractivity contribution in [3.63, 3.8) is 0 Å². The molecule has 30 heavy (non-hydrogen) atoms. The van der Waals surface area contributed by atoms with E-state index in [0.717, 1.165) is 6.07 Å². The van der Waals surface area contributed by atoms with Crippen molar-refractivity contribution in [2.75, 3.05) is 12.1 Å². The van der Waals surface area contributed by atoms with Crippen LogP contribution in [0.4, 0.5) is 18.9 Å². The van der Waals surface area contributed by atoms with Crippen LogP contribution in [0.1, 0.15) is 22.3 Å². The number of hydrogen-bond donors (Lipinski definition) is 2. The molecule has 1 unspecified atom stereocenters. The highest BCUT2D eigenvalue weighted by molar-refractivity contribution is 6.12. The second-order valence-electron chi connectivity index (χ2n) is 7.04. The summed E-state index contributed by atoms with van der Waals surface area (Å²) in [7, 11) is 0. The molecule has 3 aromatic rings. The van der Waals surface area contributed by atoms with Crippen molar-refractivity contribution in [3.05, 3.63) is 82.9 Å². The maximum absolute atomic E-state index is 13.6. The third-order valence-corrected chi connectivity index (χ3v) is 5.46. The zero-order chi connectivity index (χ0) is 21.1. The van der Waals surface area contributed by atoms with E-state index in [9.17, 15) is 23.1 Å². The standard InChI is InChI=1S/C22H14F3NO4/c23-22(24,25)16-3-1-2-15-19(16)26-20(28)21(15,12-4-7-14(27)8-5-12)13-6-9-17-18(10-13)30-11-29-17/h1-10,27H,11H2,(H,26,28). The number of ether oxygens (including phenoxy) is 2. The molecule has 152 valence electrons. The first-order chi connectivity index (χ1) is 14.3. The normalized spacial score (nSPS) is 19.5. The predicted molar refractivity (Wildman–Crippen MR) is 101 cm³/mol. The lowest BCUT2D eigenvalue weighted by molar-refractivity contribution is -0.136. The van der Waals surface area contributed by atoms with Gasteiger partial charge in [-0.3, -0.25) is 4.79 Å². The first kappa shape index (κ1) is 18.4. The second-order valence-corrected chi connectivity index (χ2v) is 7.04. The average Bonchev–Trinajstić information content (AvgIpc) is 3.29. The Kier molecular flexibility index (Phi) is 3.77. The Morgan fingerprint density at radius 3 is 2.37 bits per heavy atom. The highest BCUT2D eigenvalue weighted by Gasteiger charge is 2.52. The Morgan fingerprint density at radius 2 is 1.63 bits per heavy atom. The van der Waals surface area contributed by atoms with Crippen LogP contribution in [0.15, 0.2) is 60.7 Å². The number of phenolic OH excluding ortho intramolecular Hbond substituents is 1. The zero-order valence-electron chi connectivity index (χ0n) is 15.3. The number of carbonyl (C=O) groups is 1. The van der Waals surface area contributed by atoms with Gasteiger partial charge in [-0.15, -0.1) is 0 Å². The Morgan fingerprint density at radius 1 is 0.933 bits per heavy atom. The number of halogens is 3. The number of carbonyl (C=O) groups excluding carboxylic acids is 1. The molecule has 3 aromatic carbocycles. The molecule has 0 radical (unpaired) electrons. The molecular weight excluding hydrogens is 399 g/mol. The summed E-state index contributed by atoms with van der Waals surface area (Å²) in [6.07, 6.45) is -4.64. The van der Waals surface area contributed by atoms with Crippen LogP contribution in [0.3, 0.4) is 0 Å². The minimum Gasteiger partial charge on any atom is -0.508 e. The van der Waals surface area contributed by atoms with E-state index in [0.29, 0.717) is 22.6 Å². The number of benzene rings is 3. The van der Waals surface area contributed by atoms with Gasteiger partial charge in [0.25, 0.3) is 0 Å². The van der Waals surface area contributed by atoms with Gasteiger partial charge in [-0.1, -0.05) is 30.3 Å². The van der Waals surface area contributed by atoms with Gasteiger partial charge in [-0.05, 0) is 41.5 Å². The van der Waals surface area contributed by atoms with Gasteiger partial charge in [0.15, 0.2) is 11.5 Å². The Bertz CT molecular complexity index is 1170. The summed E-state index contributed by atoms with van der Waals surface area (Å²) in [6.45, 7) is 0.0198. The summed E-state index contributed by atoms with van der Waals surface area (Å²) in [5, 5.41) is 12.2. The predicted octanol–water partition coefficient (Wildman–Crippen LogP) is 4.43. The van der Waals surface area contributed by atoms with Gasteiger partial charge in [-0.25, -0.2) is 0 Å². The Hall–Kier alpha value is -3.68. The van der Waals surface area contributed by atoms with E-state index in [1.165, 1.54) is 36.4 Å². The molecule has 2 aliphatic heterocycles. The van der Waals surface area contributed by atoms with Gasteiger partial charge in [0.2, 0.25) is 12.7 Å². The monoisotopic (exact) mass is 413 g/mol. The Balaban J connectivity index is 1.84. The zero-order valence-corrected chi connectivity index (χ0v) is 15.3. The van der Waals surface area contributed by atoms with Gasteiger partial charge < -0.3 is 19.9 Å². The molecule has 0 fully saturated rings. The van der Waals surface area contributed by atoms with Gasteiger partial charge >= 0.3 is 6.18 Å². The fraction of sp³-hybridized carbons (Fsp3) is 0.136. The quantitative estimate of drug-likeness (QED) is 0.653. The van der Waals surface area contributed by atoms with E-state index < -0.39 is 23.1 Å². The molecule has 5 rings (SSSR count). The summed E-state index contributed by atoms with van der Waals surface area (Å²) in [5.74, 6) is 0.238. The van der Waals surface area contributed by atoms with E-state index in [4.69, 9.17) is 9.47 Å². The van der Waals surface area contributed by atoms with Crippen LogP contribution in [0.25, 0.3) is 0 Å². The van der Waals surface area contributed by atoms with Crippen molar-refractivity contribution in [1.29, 1.82) is 0 Å². The Labute approximate surface area is 168 Å². The number of para-hydroxylation sites is 1. The molecule has 2 aliphatic rings. The van der Waals surface area contributed by atoms with E-state index in [1.54, 1.807) is 18.2 Å². The molecule has 0 saturated heterocycles. The van der Waals surface area contributed by atoms with Crippen LogP contribution in [0.2, 0.25) is 0 Å². The summed E-state index contributed by atoms with van der Waals surface area (Å²) in [4.78, 5) is 13.4. The van der Waals surface area contributed by atoms with Crippen LogP contribution in [-0.4, -0.2) is 17.8 Å². The van der Waals surface area contributed by atoms with Crippen molar-refractivity contribution in [3.8, 4) is 17.2 Å². The number of hydrogen-bond acceptors (Lipinski definition) is 4. The van der Waals surface area contributed by atoms with Crippen molar-refractivity contribution >= 4 is 11.6 Å². The summed E-state index contributed by atoms with van der Waals surface area (Å²) in [5.41, 5.74) is -1.75. The molecule has 1 amide bonds. The van der Waals surface area contributed by atoms with Crippen LogP contribution < -0.4 is 14.8 Å². The lowest BCUT2D eigenvalue weighted by atomic mass is 9.70. The van der Waals surface area contributed by atoms with E-state index in [2.05, 4.69) is 5.32 Å². The SMILES string of the molecule is O=C1Nc2c(C(F)(F)F)cccc2C1(c1ccc(O)cc1)c1ccc2c(c1)OCO2. The van der Waals surface area contributed by atoms with Crippen molar-refractivity contribution < 1.29 is 32.5 Å². The summed E-state index contributed by atoms with van der Waals surface area (Å²) in [6, 6.07) is 14.4. The first-order valence-corrected chi connectivity index (χ1v) is 9.03. The lowest BCUT2D eigenvalue weighted by Crippen LogP contribution is -2.36. The van der Waals surface area contributed by atoms with Crippen LogP contribution in [0, 0.1) is 0 Å². The molecule has 0 saturated carbocycles. The van der Waals surface area contributed by atoms with Gasteiger partial charge in [-0.2, -0.15) is 13.2 Å². The van der Waals surface area contributed by atoms with E-state index in [1.807, 2.05) is 0 Å². The molecule has 0 spiro atoms. The molecule has 2 N–H and O–H groups in total.